The van der Waals surface area contributed by atoms with Gasteiger partial charge in [-0.25, -0.2) is 4.68 Å². The summed E-state index contributed by atoms with van der Waals surface area (Å²) in [5.74, 6) is -0.789. The molecule has 1 unspecified atom stereocenters. The Labute approximate surface area is 185 Å². The Morgan fingerprint density at radius 1 is 1.06 bits per heavy atom. The Kier molecular flexibility index (Phi) is 6.87. The zero-order chi connectivity index (χ0) is 22.5. The summed E-state index contributed by atoms with van der Waals surface area (Å²) in [5.41, 5.74) is 2.26. The molecule has 2 aromatic carbocycles. The van der Waals surface area contributed by atoms with Gasteiger partial charge in [-0.1, -0.05) is 48.9 Å². The average molecular weight is 439 g/mol. The molecule has 3 rings (SSSR count). The summed E-state index contributed by atoms with van der Waals surface area (Å²) < 4.78 is 1.08. The maximum absolute atomic E-state index is 12.9. The van der Waals surface area contributed by atoms with Crippen LogP contribution in [0.25, 0.3) is 11.3 Å². The molecule has 7 nitrogen and oxygen atoms in total. The summed E-state index contributed by atoms with van der Waals surface area (Å²) in [6.45, 7) is 4.89. The van der Waals surface area contributed by atoms with Gasteiger partial charge in [0.1, 0.15) is 11.7 Å². The smallest absolute Gasteiger partial charge is 0.291 e. The van der Waals surface area contributed by atoms with Gasteiger partial charge >= 0.3 is 0 Å². The van der Waals surface area contributed by atoms with E-state index in [2.05, 4.69) is 15.7 Å². The van der Waals surface area contributed by atoms with E-state index in [4.69, 9.17) is 11.6 Å². The van der Waals surface area contributed by atoms with Crippen molar-refractivity contribution in [2.24, 2.45) is 0 Å². The fourth-order valence-electron chi connectivity index (χ4n) is 3.11. The predicted octanol–water partition coefficient (Wildman–Crippen LogP) is 4.28. The minimum Gasteiger partial charge on any atom is -0.324 e. The van der Waals surface area contributed by atoms with Crippen LogP contribution in [0.4, 0.5) is 11.4 Å². The molecule has 2 N–H and O–H groups in total. The zero-order valence-electron chi connectivity index (χ0n) is 17.5. The van der Waals surface area contributed by atoms with Crippen molar-refractivity contribution in [3.8, 4) is 11.3 Å². The number of nitrogens with zero attached hydrogens (tertiary/aromatic N) is 2. The van der Waals surface area contributed by atoms with Crippen LogP contribution in [0.2, 0.25) is 5.02 Å². The Balaban J connectivity index is 2.02. The minimum atomic E-state index is -0.919. The quantitative estimate of drug-likeness (QED) is 0.600. The summed E-state index contributed by atoms with van der Waals surface area (Å²) >= 11 is 5.96. The van der Waals surface area contributed by atoms with Gasteiger partial charge in [-0.05, 0) is 43.2 Å². The minimum absolute atomic E-state index is 0.0426. The number of halogens is 1. The third-order valence-electron chi connectivity index (χ3n) is 4.79. The molecular formula is C23H23ClN4O3. The zero-order valence-corrected chi connectivity index (χ0v) is 18.2. The lowest BCUT2D eigenvalue weighted by atomic mass is 10.1. The van der Waals surface area contributed by atoms with Crippen molar-refractivity contribution in [2.45, 2.75) is 33.2 Å². The van der Waals surface area contributed by atoms with Crippen molar-refractivity contribution in [1.82, 2.24) is 9.78 Å². The Morgan fingerprint density at radius 3 is 2.39 bits per heavy atom. The fourth-order valence-corrected chi connectivity index (χ4v) is 3.24. The number of nitrogens with one attached hydrogen (secondary N) is 2. The van der Waals surface area contributed by atoms with Crippen LogP contribution in [0.15, 0.2) is 59.4 Å². The van der Waals surface area contributed by atoms with Gasteiger partial charge in [0.05, 0.1) is 5.69 Å². The number of anilines is 2. The van der Waals surface area contributed by atoms with Gasteiger partial charge in [-0.3, -0.25) is 14.4 Å². The first-order valence-electron chi connectivity index (χ1n) is 9.86. The van der Waals surface area contributed by atoms with E-state index in [1.165, 1.54) is 13.0 Å². The summed E-state index contributed by atoms with van der Waals surface area (Å²) in [4.78, 5) is 37.5. The first kappa shape index (κ1) is 22.2. The van der Waals surface area contributed by atoms with Crippen LogP contribution < -0.4 is 16.2 Å². The molecule has 0 aliphatic rings. The third-order valence-corrected chi connectivity index (χ3v) is 5.04. The van der Waals surface area contributed by atoms with Crippen molar-refractivity contribution in [2.75, 3.05) is 10.6 Å². The fraction of sp³-hybridized carbons (Fsp3) is 0.217. The normalized spacial score (nSPS) is 11.6. The number of para-hydroxylation sites is 1. The molecule has 0 spiro atoms. The lowest BCUT2D eigenvalue weighted by molar-refractivity contribution is -0.119. The first-order chi connectivity index (χ1) is 14.8. The third kappa shape index (κ3) is 5.19. The lowest BCUT2D eigenvalue weighted by Gasteiger charge is -2.18. The molecule has 1 heterocycles. The number of hydrogen-bond acceptors (Lipinski definition) is 4. The van der Waals surface area contributed by atoms with Gasteiger partial charge in [-0.15, -0.1) is 0 Å². The van der Waals surface area contributed by atoms with Crippen LogP contribution in [0.5, 0.6) is 0 Å². The first-order valence-corrected chi connectivity index (χ1v) is 10.2. The van der Waals surface area contributed by atoms with Crippen LogP contribution in [0.3, 0.4) is 0 Å². The SMILES string of the molecule is CCc1ccccc1NC(=O)C(C)n1nc(-c2ccc(Cl)cc2)cc(NC(C)=O)c1=O. The maximum Gasteiger partial charge on any atom is 0.291 e. The molecule has 1 atom stereocenters. The predicted molar refractivity (Wildman–Crippen MR) is 122 cm³/mol. The van der Waals surface area contributed by atoms with Crippen LogP contribution >= 0.6 is 11.6 Å². The molecule has 0 aliphatic heterocycles. The Hall–Kier alpha value is -3.45. The molecule has 8 heteroatoms. The number of carbonyl (C=O) groups is 2. The van der Waals surface area contributed by atoms with E-state index in [9.17, 15) is 14.4 Å². The van der Waals surface area contributed by atoms with Crippen molar-refractivity contribution >= 4 is 34.8 Å². The molecule has 3 aromatic rings. The molecule has 2 amide bonds. The molecule has 0 aliphatic carbocycles. The number of amides is 2. The van der Waals surface area contributed by atoms with E-state index < -0.39 is 23.4 Å². The Bertz CT molecular complexity index is 1170. The highest BCUT2D eigenvalue weighted by atomic mass is 35.5. The van der Waals surface area contributed by atoms with Crippen LogP contribution in [0.1, 0.15) is 32.4 Å². The largest absolute Gasteiger partial charge is 0.324 e. The van der Waals surface area contributed by atoms with Crippen LogP contribution in [-0.4, -0.2) is 21.6 Å². The second kappa shape index (κ2) is 9.57. The molecule has 0 fully saturated rings. The van der Waals surface area contributed by atoms with Crippen LogP contribution in [-0.2, 0) is 16.0 Å². The van der Waals surface area contributed by atoms with E-state index in [1.807, 2.05) is 31.2 Å². The molecule has 31 heavy (non-hydrogen) atoms. The second-order valence-corrected chi connectivity index (χ2v) is 7.49. The molecule has 0 saturated heterocycles. The molecule has 0 saturated carbocycles. The van der Waals surface area contributed by atoms with Gasteiger partial charge in [0.15, 0.2) is 0 Å². The highest BCUT2D eigenvalue weighted by Gasteiger charge is 2.21. The summed E-state index contributed by atoms with van der Waals surface area (Å²) in [6.07, 6.45) is 0.752. The molecular weight excluding hydrogens is 416 g/mol. The van der Waals surface area contributed by atoms with Gasteiger partial charge < -0.3 is 10.6 Å². The highest BCUT2D eigenvalue weighted by molar-refractivity contribution is 6.30. The van der Waals surface area contributed by atoms with E-state index in [1.54, 1.807) is 31.2 Å². The molecule has 160 valence electrons. The van der Waals surface area contributed by atoms with Gasteiger partial charge in [0, 0.05) is 23.2 Å². The van der Waals surface area contributed by atoms with Gasteiger partial charge in [-0.2, -0.15) is 5.10 Å². The summed E-state index contributed by atoms with van der Waals surface area (Å²) in [6, 6.07) is 14.9. The summed E-state index contributed by atoms with van der Waals surface area (Å²) in [5, 5.41) is 10.3. The van der Waals surface area contributed by atoms with Crippen LogP contribution in [0, 0.1) is 0 Å². The second-order valence-electron chi connectivity index (χ2n) is 7.06. The monoisotopic (exact) mass is 438 g/mol. The number of aryl methyl sites for hydroxylation is 1. The molecule has 0 bridgehead atoms. The number of carbonyl (C=O) groups excluding carboxylic acids is 2. The standard InChI is InChI=1S/C23H23ClN4O3/c1-4-16-7-5-6-8-19(16)26-22(30)14(2)28-23(31)21(25-15(3)29)13-20(27-28)17-9-11-18(24)12-10-17/h5-14H,4H2,1-3H3,(H,25,29)(H,26,30). The molecule has 1 aromatic heterocycles. The van der Waals surface area contributed by atoms with E-state index in [0.717, 1.165) is 16.7 Å². The number of hydrogen-bond donors (Lipinski definition) is 2. The van der Waals surface area contributed by atoms with Gasteiger partial charge in [0.2, 0.25) is 11.8 Å². The van der Waals surface area contributed by atoms with Gasteiger partial charge in [0.25, 0.3) is 5.56 Å². The average Bonchev–Trinajstić information content (AvgIpc) is 2.75. The maximum atomic E-state index is 12.9. The number of rotatable bonds is 6. The number of benzene rings is 2. The lowest BCUT2D eigenvalue weighted by Crippen LogP contribution is -2.35. The van der Waals surface area contributed by atoms with Crippen molar-refractivity contribution in [3.63, 3.8) is 0 Å². The number of aromatic nitrogens is 2. The summed E-state index contributed by atoms with van der Waals surface area (Å²) in [7, 11) is 0. The van der Waals surface area contributed by atoms with Crippen molar-refractivity contribution in [1.29, 1.82) is 0 Å². The van der Waals surface area contributed by atoms with Crippen molar-refractivity contribution in [3.05, 3.63) is 75.5 Å². The topological polar surface area (TPSA) is 93.1 Å². The Morgan fingerprint density at radius 2 is 1.74 bits per heavy atom. The van der Waals surface area contributed by atoms with E-state index in [-0.39, 0.29) is 5.69 Å². The molecule has 0 radical (unpaired) electrons. The van der Waals surface area contributed by atoms with E-state index in [0.29, 0.717) is 22.0 Å². The highest BCUT2D eigenvalue weighted by Crippen LogP contribution is 2.22. The van der Waals surface area contributed by atoms with Crippen molar-refractivity contribution < 1.29 is 9.59 Å². The van der Waals surface area contributed by atoms with E-state index >= 15 is 0 Å².